The van der Waals surface area contributed by atoms with Crippen LogP contribution in [0.15, 0.2) is 47.4 Å². The monoisotopic (exact) mass is 375 g/mol. The molecule has 0 bridgehead atoms. The number of amides is 2. The number of nitrogens with one attached hydrogen (secondary N) is 2. The summed E-state index contributed by atoms with van der Waals surface area (Å²) in [6.45, 7) is 3.07. The summed E-state index contributed by atoms with van der Waals surface area (Å²) >= 11 is 0. The molecule has 2 aromatic carbocycles. The second kappa shape index (κ2) is 7.67. The number of carbonyl (C=O) groups excluding carboxylic acids is 2. The molecule has 0 unspecified atom stereocenters. The minimum atomic E-state index is -3.62. The van der Waals surface area contributed by atoms with Crippen LogP contribution in [0.3, 0.4) is 0 Å². The summed E-state index contributed by atoms with van der Waals surface area (Å²) in [5, 5.41) is 5.29. The Morgan fingerprint density at radius 2 is 1.62 bits per heavy atom. The lowest BCUT2D eigenvalue weighted by Crippen LogP contribution is -2.23. The van der Waals surface area contributed by atoms with E-state index in [0.29, 0.717) is 22.5 Å². The third-order valence-electron chi connectivity index (χ3n) is 3.65. The summed E-state index contributed by atoms with van der Waals surface area (Å²) in [7, 11) is -0.712. The van der Waals surface area contributed by atoms with Gasteiger partial charge >= 0.3 is 0 Å². The third kappa shape index (κ3) is 4.47. The Morgan fingerprint density at radius 1 is 0.962 bits per heavy atom. The number of hydrogen-bond donors (Lipinski definition) is 2. The Kier molecular flexibility index (Phi) is 5.79. The van der Waals surface area contributed by atoms with E-state index in [9.17, 15) is 18.0 Å². The lowest BCUT2D eigenvalue weighted by molar-refractivity contribution is -0.114. The van der Waals surface area contributed by atoms with E-state index in [1.807, 2.05) is 0 Å². The Hall–Kier alpha value is -2.71. The van der Waals surface area contributed by atoms with Crippen LogP contribution in [-0.2, 0) is 14.8 Å². The Bertz CT molecular complexity index is 953. The smallest absolute Gasteiger partial charge is 0.255 e. The van der Waals surface area contributed by atoms with Gasteiger partial charge in [0.15, 0.2) is 0 Å². The van der Waals surface area contributed by atoms with Gasteiger partial charge in [0.25, 0.3) is 5.91 Å². The molecule has 7 nitrogen and oxygen atoms in total. The zero-order valence-corrected chi connectivity index (χ0v) is 15.8. The van der Waals surface area contributed by atoms with Gasteiger partial charge in [0.2, 0.25) is 15.9 Å². The Balaban J connectivity index is 2.29. The summed E-state index contributed by atoms with van der Waals surface area (Å²) in [6, 6.07) is 11.2. The third-order valence-corrected chi connectivity index (χ3v) is 5.61. The predicted molar refractivity (Wildman–Crippen MR) is 101 cm³/mol. The van der Waals surface area contributed by atoms with Gasteiger partial charge < -0.3 is 10.6 Å². The van der Waals surface area contributed by atoms with E-state index in [4.69, 9.17) is 0 Å². The zero-order valence-electron chi connectivity index (χ0n) is 15.0. The van der Waals surface area contributed by atoms with Crippen molar-refractivity contribution in [1.82, 2.24) is 4.31 Å². The van der Waals surface area contributed by atoms with Crippen molar-refractivity contribution in [3.8, 4) is 0 Å². The minimum absolute atomic E-state index is 0.132. The Morgan fingerprint density at radius 3 is 2.23 bits per heavy atom. The van der Waals surface area contributed by atoms with Crippen molar-refractivity contribution in [2.24, 2.45) is 0 Å². The first kappa shape index (κ1) is 19.6. The number of anilines is 2. The van der Waals surface area contributed by atoms with Gasteiger partial charge in [-0.05, 0) is 42.8 Å². The van der Waals surface area contributed by atoms with E-state index in [1.165, 1.54) is 27.1 Å². The van der Waals surface area contributed by atoms with E-state index in [-0.39, 0.29) is 10.8 Å². The average Bonchev–Trinajstić information content (AvgIpc) is 2.56. The summed E-state index contributed by atoms with van der Waals surface area (Å²) < 4.78 is 25.9. The van der Waals surface area contributed by atoms with E-state index in [1.54, 1.807) is 43.3 Å². The molecule has 2 rings (SSSR count). The fraction of sp³-hybridized carbons (Fsp3) is 0.222. The molecule has 2 aromatic rings. The van der Waals surface area contributed by atoms with E-state index in [0.717, 1.165) is 4.31 Å². The molecule has 0 heterocycles. The van der Waals surface area contributed by atoms with Crippen molar-refractivity contribution in [2.45, 2.75) is 18.7 Å². The number of aryl methyl sites for hydroxylation is 1. The van der Waals surface area contributed by atoms with Gasteiger partial charge in [-0.3, -0.25) is 9.59 Å². The number of carbonyl (C=O) groups is 2. The first-order valence-electron chi connectivity index (χ1n) is 7.83. The van der Waals surface area contributed by atoms with Crippen molar-refractivity contribution in [2.75, 3.05) is 24.7 Å². The van der Waals surface area contributed by atoms with Crippen LogP contribution in [0.25, 0.3) is 0 Å². The maximum Gasteiger partial charge on any atom is 0.255 e. The SMILES string of the molecule is CC(=O)Nc1cccc(C(=O)Nc2ccc(C)c(S(=O)(=O)N(C)C)c2)c1. The molecular weight excluding hydrogens is 354 g/mol. The predicted octanol–water partition coefficient (Wildman–Crippen LogP) is 2.46. The molecular formula is C18H21N3O4S. The second-order valence-electron chi connectivity index (χ2n) is 5.98. The molecule has 2 amide bonds. The van der Waals surface area contributed by atoms with Crippen LogP contribution < -0.4 is 10.6 Å². The van der Waals surface area contributed by atoms with Crippen LogP contribution in [-0.4, -0.2) is 38.6 Å². The number of nitrogens with zero attached hydrogens (tertiary/aromatic N) is 1. The molecule has 0 saturated heterocycles. The molecule has 0 aliphatic carbocycles. The lowest BCUT2D eigenvalue weighted by atomic mass is 10.1. The summed E-state index contributed by atoms with van der Waals surface area (Å²) in [5.41, 5.74) is 1.80. The van der Waals surface area contributed by atoms with Gasteiger partial charge in [0.1, 0.15) is 0 Å². The van der Waals surface area contributed by atoms with Crippen LogP contribution in [0.1, 0.15) is 22.8 Å². The summed E-state index contributed by atoms with van der Waals surface area (Å²) in [6.07, 6.45) is 0. The second-order valence-corrected chi connectivity index (χ2v) is 8.10. The van der Waals surface area contributed by atoms with Crippen LogP contribution in [0.2, 0.25) is 0 Å². The van der Waals surface area contributed by atoms with Crippen LogP contribution in [0, 0.1) is 6.92 Å². The van der Waals surface area contributed by atoms with Gasteiger partial charge in [-0.1, -0.05) is 12.1 Å². The highest BCUT2D eigenvalue weighted by atomic mass is 32.2. The first-order valence-corrected chi connectivity index (χ1v) is 9.27. The quantitative estimate of drug-likeness (QED) is 0.839. The number of sulfonamides is 1. The Labute approximate surface area is 153 Å². The molecule has 138 valence electrons. The molecule has 0 saturated carbocycles. The minimum Gasteiger partial charge on any atom is -0.326 e. The number of benzene rings is 2. The standard InChI is InChI=1S/C18H21N3O4S/c1-12-8-9-16(11-17(12)26(24,25)21(3)4)20-18(23)14-6-5-7-15(10-14)19-13(2)22/h5-11H,1-4H3,(H,19,22)(H,20,23). The molecule has 0 aliphatic rings. The lowest BCUT2D eigenvalue weighted by Gasteiger charge is -2.15. The first-order chi connectivity index (χ1) is 12.1. The zero-order chi connectivity index (χ0) is 19.5. The van der Waals surface area contributed by atoms with Gasteiger partial charge in [0, 0.05) is 38.0 Å². The highest BCUT2D eigenvalue weighted by Crippen LogP contribution is 2.23. The maximum atomic E-state index is 12.4. The normalized spacial score (nSPS) is 11.3. The molecule has 0 fully saturated rings. The molecule has 8 heteroatoms. The molecule has 0 radical (unpaired) electrons. The summed E-state index contributed by atoms with van der Waals surface area (Å²) in [5.74, 6) is -0.645. The van der Waals surface area contributed by atoms with Gasteiger partial charge in [-0.15, -0.1) is 0 Å². The van der Waals surface area contributed by atoms with E-state index in [2.05, 4.69) is 10.6 Å². The highest BCUT2D eigenvalue weighted by molar-refractivity contribution is 7.89. The molecule has 0 atom stereocenters. The van der Waals surface area contributed by atoms with Crippen LogP contribution in [0.4, 0.5) is 11.4 Å². The van der Waals surface area contributed by atoms with Crippen molar-refractivity contribution in [3.05, 3.63) is 53.6 Å². The van der Waals surface area contributed by atoms with Crippen molar-refractivity contribution in [1.29, 1.82) is 0 Å². The molecule has 0 aromatic heterocycles. The largest absolute Gasteiger partial charge is 0.326 e. The van der Waals surface area contributed by atoms with Gasteiger partial charge in [0.05, 0.1) is 4.90 Å². The average molecular weight is 375 g/mol. The van der Waals surface area contributed by atoms with Gasteiger partial charge in [-0.2, -0.15) is 0 Å². The van der Waals surface area contributed by atoms with Crippen molar-refractivity contribution >= 4 is 33.2 Å². The summed E-state index contributed by atoms with van der Waals surface area (Å²) in [4.78, 5) is 23.7. The van der Waals surface area contributed by atoms with Crippen LogP contribution in [0.5, 0.6) is 0 Å². The fourth-order valence-corrected chi connectivity index (χ4v) is 3.44. The van der Waals surface area contributed by atoms with Crippen LogP contribution >= 0.6 is 0 Å². The van der Waals surface area contributed by atoms with Crippen molar-refractivity contribution in [3.63, 3.8) is 0 Å². The molecule has 0 spiro atoms. The number of rotatable bonds is 5. The van der Waals surface area contributed by atoms with E-state index < -0.39 is 15.9 Å². The molecule has 0 aliphatic heterocycles. The number of hydrogen-bond acceptors (Lipinski definition) is 4. The molecule has 2 N–H and O–H groups in total. The van der Waals surface area contributed by atoms with E-state index >= 15 is 0 Å². The fourth-order valence-electron chi connectivity index (χ4n) is 2.30. The molecule has 26 heavy (non-hydrogen) atoms. The topological polar surface area (TPSA) is 95.6 Å². The van der Waals surface area contributed by atoms with Gasteiger partial charge in [-0.25, -0.2) is 12.7 Å². The highest BCUT2D eigenvalue weighted by Gasteiger charge is 2.20. The van der Waals surface area contributed by atoms with Crippen molar-refractivity contribution < 1.29 is 18.0 Å². The maximum absolute atomic E-state index is 12.4.